The van der Waals surface area contributed by atoms with Crippen molar-refractivity contribution in [1.82, 2.24) is 0 Å². The van der Waals surface area contributed by atoms with Crippen LogP contribution in [-0.4, -0.2) is 11.8 Å². The fraction of sp³-hybridized carbons (Fsp3) is 0.857. The topological polar surface area (TPSA) is 0 Å². The van der Waals surface area contributed by atoms with Gasteiger partial charge in [0.1, 0.15) is 0 Å². The number of rotatable bonds is 3. The molecule has 4 heteroatoms. The Balaban J connectivity index is 2.48. The maximum Gasteiger partial charge on any atom is 0.257 e. The standard InChI is InChI=1S/C7H9F4/c1-2-3-6(8,9)5-4-7(5,10)11/h5H,1-4H2. The summed E-state index contributed by atoms with van der Waals surface area (Å²) in [5, 5.41) is 0. The lowest BCUT2D eigenvalue weighted by molar-refractivity contribution is -0.0665. The molecule has 0 nitrogen and oxygen atoms in total. The lowest BCUT2D eigenvalue weighted by Gasteiger charge is -2.13. The molecule has 0 spiro atoms. The van der Waals surface area contributed by atoms with Gasteiger partial charge >= 0.3 is 0 Å². The summed E-state index contributed by atoms with van der Waals surface area (Å²) in [6.45, 7) is 3.20. The molecular weight excluding hydrogens is 160 g/mol. The second-order valence-corrected chi connectivity index (χ2v) is 2.88. The zero-order chi connectivity index (χ0) is 8.70. The van der Waals surface area contributed by atoms with E-state index in [4.69, 9.17) is 0 Å². The first kappa shape index (κ1) is 8.81. The van der Waals surface area contributed by atoms with Crippen molar-refractivity contribution in [3.8, 4) is 0 Å². The van der Waals surface area contributed by atoms with Crippen LogP contribution in [0.3, 0.4) is 0 Å². The van der Waals surface area contributed by atoms with Gasteiger partial charge in [-0.05, 0) is 6.42 Å². The minimum atomic E-state index is -3.22. The third-order valence-corrected chi connectivity index (χ3v) is 1.85. The molecule has 0 bridgehead atoms. The average Bonchev–Trinajstić information content (AvgIpc) is 2.41. The van der Waals surface area contributed by atoms with Crippen LogP contribution < -0.4 is 0 Å². The van der Waals surface area contributed by atoms with Gasteiger partial charge in [-0.1, -0.05) is 6.92 Å². The Morgan fingerprint density at radius 1 is 1.45 bits per heavy atom. The Morgan fingerprint density at radius 2 is 1.91 bits per heavy atom. The number of hydrogen-bond donors (Lipinski definition) is 0. The van der Waals surface area contributed by atoms with Gasteiger partial charge < -0.3 is 0 Å². The number of alkyl halides is 4. The molecule has 65 valence electrons. The van der Waals surface area contributed by atoms with Gasteiger partial charge in [0, 0.05) is 12.8 Å². The fourth-order valence-electron chi connectivity index (χ4n) is 1.08. The predicted octanol–water partition coefficient (Wildman–Crippen LogP) is 2.89. The van der Waals surface area contributed by atoms with Gasteiger partial charge in [0.2, 0.25) is 0 Å². The molecular formula is C7H9F4. The van der Waals surface area contributed by atoms with Crippen LogP contribution in [0.1, 0.15) is 19.3 Å². The maximum absolute atomic E-state index is 12.6. The van der Waals surface area contributed by atoms with Gasteiger partial charge in [0.05, 0.1) is 5.92 Å². The molecule has 0 aromatic carbocycles. The first-order valence-electron chi connectivity index (χ1n) is 3.45. The summed E-state index contributed by atoms with van der Waals surface area (Å²) in [5.41, 5.74) is 0. The SMILES string of the molecule is [CH2]CCC(F)(F)C1CC1(F)F. The first-order valence-corrected chi connectivity index (χ1v) is 3.45. The summed E-state index contributed by atoms with van der Waals surface area (Å²) < 4.78 is 49.4. The van der Waals surface area contributed by atoms with Gasteiger partial charge in [-0.3, -0.25) is 0 Å². The fourth-order valence-corrected chi connectivity index (χ4v) is 1.08. The molecule has 0 N–H and O–H groups in total. The lowest BCUT2D eigenvalue weighted by Crippen LogP contribution is -2.22. The van der Waals surface area contributed by atoms with Crippen molar-refractivity contribution in [3.63, 3.8) is 0 Å². The van der Waals surface area contributed by atoms with Crippen molar-refractivity contribution >= 4 is 0 Å². The largest absolute Gasteiger partial charge is 0.257 e. The summed E-state index contributed by atoms with van der Waals surface area (Å²) >= 11 is 0. The van der Waals surface area contributed by atoms with Gasteiger partial charge in [0.25, 0.3) is 11.8 Å². The van der Waals surface area contributed by atoms with Crippen molar-refractivity contribution in [2.24, 2.45) is 5.92 Å². The molecule has 0 saturated heterocycles. The molecule has 1 saturated carbocycles. The molecule has 1 aliphatic rings. The van der Waals surface area contributed by atoms with Crippen molar-refractivity contribution in [2.75, 3.05) is 0 Å². The van der Waals surface area contributed by atoms with Gasteiger partial charge in [0.15, 0.2) is 0 Å². The van der Waals surface area contributed by atoms with Crippen molar-refractivity contribution in [2.45, 2.75) is 31.1 Å². The smallest absolute Gasteiger partial charge is 0.206 e. The third kappa shape index (κ3) is 1.65. The highest BCUT2D eigenvalue weighted by Crippen LogP contribution is 2.57. The quantitative estimate of drug-likeness (QED) is 0.570. The zero-order valence-corrected chi connectivity index (χ0v) is 5.92. The van der Waals surface area contributed by atoms with E-state index in [1.165, 1.54) is 0 Å². The minimum absolute atomic E-state index is 0.000417. The van der Waals surface area contributed by atoms with Crippen LogP contribution in [0.5, 0.6) is 0 Å². The maximum atomic E-state index is 12.6. The van der Waals surface area contributed by atoms with E-state index >= 15 is 0 Å². The molecule has 0 aromatic rings. The molecule has 1 atom stereocenters. The van der Waals surface area contributed by atoms with Gasteiger partial charge in [-0.15, -0.1) is 0 Å². The highest BCUT2D eigenvalue weighted by atomic mass is 19.3. The van der Waals surface area contributed by atoms with E-state index in [0.717, 1.165) is 0 Å². The molecule has 1 unspecified atom stereocenters. The summed E-state index contributed by atoms with van der Waals surface area (Å²) in [4.78, 5) is 0. The van der Waals surface area contributed by atoms with E-state index in [0.29, 0.717) is 0 Å². The Labute approximate surface area is 62.6 Å². The second kappa shape index (κ2) is 2.35. The molecule has 1 fully saturated rings. The highest BCUT2D eigenvalue weighted by Gasteiger charge is 2.68. The molecule has 0 aliphatic heterocycles. The molecule has 0 aromatic heterocycles. The van der Waals surface area contributed by atoms with E-state index in [1.54, 1.807) is 0 Å². The van der Waals surface area contributed by atoms with E-state index < -0.39 is 30.6 Å². The predicted molar refractivity (Wildman–Crippen MR) is 32.6 cm³/mol. The summed E-state index contributed by atoms with van der Waals surface area (Å²) in [6.07, 6.45) is -1.20. The van der Waals surface area contributed by atoms with E-state index in [2.05, 4.69) is 6.92 Å². The molecule has 11 heavy (non-hydrogen) atoms. The van der Waals surface area contributed by atoms with E-state index in [1.807, 2.05) is 0 Å². The average molecular weight is 169 g/mol. The van der Waals surface area contributed by atoms with E-state index in [-0.39, 0.29) is 6.42 Å². The Bertz CT molecular complexity index is 153. The minimum Gasteiger partial charge on any atom is -0.206 e. The molecule has 1 aliphatic carbocycles. The van der Waals surface area contributed by atoms with Crippen LogP contribution in [-0.2, 0) is 0 Å². The molecule has 0 amide bonds. The van der Waals surface area contributed by atoms with Crippen LogP contribution in [0, 0.1) is 12.8 Å². The van der Waals surface area contributed by atoms with Crippen LogP contribution in [0.25, 0.3) is 0 Å². The molecule has 1 rings (SSSR count). The van der Waals surface area contributed by atoms with Gasteiger partial charge in [-0.25, -0.2) is 17.6 Å². The first-order chi connectivity index (χ1) is 4.90. The Morgan fingerprint density at radius 3 is 2.18 bits per heavy atom. The summed E-state index contributed by atoms with van der Waals surface area (Å²) in [5.74, 6) is -8.07. The van der Waals surface area contributed by atoms with Crippen molar-refractivity contribution in [3.05, 3.63) is 6.92 Å². The van der Waals surface area contributed by atoms with E-state index in [9.17, 15) is 17.6 Å². The van der Waals surface area contributed by atoms with Crippen LogP contribution in [0.4, 0.5) is 17.6 Å². The van der Waals surface area contributed by atoms with Crippen LogP contribution in [0.2, 0.25) is 0 Å². The number of halogens is 4. The molecule has 1 radical (unpaired) electrons. The zero-order valence-electron chi connectivity index (χ0n) is 5.92. The lowest BCUT2D eigenvalue weighted by atomic mass is 10.1. The third-order valence-electron chi connectivity index (χ3n) is 1.85. The van der Waals surface area contributed by atoms with Crippen molar-refractivity contribution in [1.29, 1.82) is 0 Å². The highest BCUT2D eigenvalue weighted by molar-refractivity contribution is 5.03. The number of hydrogen-bond acceptors (Lipinski definition) is 0. The normalized spacial score (nSPS) is 28.6. The second-order valence-electron chi connectivity index (χ2n) is 2.88. The van der Waals surface area contributed by atoms with Crippen LogP contribution in [0.15, 0.2) is 0 Å². The summed E-state index contributed by atoms with van der Waals surface area (Å²) in [6, 6.07) is 0. The van der Waals surface area contributed by atoms with Crippen molar-refractivity contribution < 1.29 is 17.6 Å². The van der Waals surface area contributed by atoms with Crippen LogP contribution >= 0.6 is 0 Å². The summed E-state index contributed by atoms with van der Waals surface area (Å²) in [7, 11) is 0. The van der Waals surface area contributed by atoms with Gasteiger partial charge in [-0.2, -0.15) is 0 Å². The molecule has 0 heterocycles. The monoisotopic (exact) mass is 169 g/mol. The Hall–Kier alpha value is -0.280. The Kier molecular flexibility index (Phi) is 1.89.